The van der Waals surface area contributed by atoms with Gasteiger partial charge in [0, 0.05) is 17.8 Å². The van der Waals surface area contributed by atoms with E-state index in [1.54, 1.807) is 0 Å². The van der Waals surface area contributed by atoms with Crippen LogP contribution in [-0.2, 0) is 5.60 Å². The van der Waals surface area contributed by atoms with Crippen LogP contribution in [0, 0.1) is 0 Å². The number of alkyl halides is 6. The summed E-state index contributed by atoms with van der Waals surface area (Å²) in [5, 5.41) is 12.1. The summed E-state index contributed by atoms with van der Waals surface area (Å²) in [4.78, 5) is 0. The van der Waals surface area contributed by atoms with Crippen LogP contribution in [0.4, 0.5) is 32.0 Å². The molecule has 0 spiro atoms. The summed E-state index contributed by atoms with van der Waals surface area (Å²) in [5.41, 5.74) is -5.74. The van der Waals surface area contributed by atoms with Gasteiger partial charge >= 0.3 is 12.4 Å². The fourth-order valence-corrected chi connectivity index (χ4v) is 1.93. The van der Waals surface area contributed by atoms with E-state index in [9.17, 15) is 31.4 Å². The molecule has 0 aliphatic rings. The average molecular weight is 329 g/mol. The van der Waals surface area contributed by atoms with Crippen LogP contribution in [0.3, 0.4) is 0 Å². The highest BCUT2D eigenvalue weighted by Gasteiger charge is 2.71. The Labute approximate surface area is 124 Å². The molecule has 0 atom stereocenters. The van der Waals surface area contributed by atoms with Crippen LogP contribution in [0.2, 0.25) is 0 Å². The maximum atomic E-state index is 12.7. The third-order valence-corrected chi connectivity index (χ3v) is 3.23. The lowest BCUT2D eigenvalue weighted by molar-refractivity contribution is -0.376. The lowest BCUT2D eigenvalue weighted by Gasteiger charge is -2.32. The predicted molar refractivity (Wildman–Crippen MR) is 70.5 cm³/mol. The highest BCUT2D eigenvalue weighted by molar-refractivity contribution is 5.46. The van der Waals surface area contributed by atoms with E-state index < -0.39 is 23.5 Å². The van der Waals surface area contributed by atoms with Crippen molar-refractivity contribution in [1.82, 2.24) is 0 Å². The summed E-state index contributed by atoms with van der Waals surface area (Å²) in [5.74, 6) is 0. The summed E-state index contributed by atoms with van der Waals surface area (Å²) in [6, 6.07) is 3.43. The summed E-state index contributed by atoms with van der Waals surface area (Å²) < 4.78 is 76.1. The third kappa shape index (κ3) is 3.85. The molecule has 0 bridgehead atoms. The average Bonchev–Trinajstić information content (AvgIpc) is 2.41. The zero-order chi connectivity index (χ0) is 17.0. The molecule has 0 aromatic heterocycles. The number of rotatable bonds is 6. The highest BCUT2D eigenvalue weighted by atomic mass is 19.4. The zero-order valence-electron chi connectivity index (χ0n) is 11.9. The largest absolute Gasteiger partial charge is 0.430 e. The molecule has 22 heavy (non-hydrogen) atoms. The maximum absolute atomic E-state index is 12.7. The molecular weight excluding hydrogens is 312 g/mol. The number of hydrogen-bond acceptors (Lipinski definition) is 2. The Bertz CT molecular complexity index is 452. The molecule has 0 amide bonds. The Balaban J connectivity index is 2.96. The number of nitrogens with one attached hydrogen (secondary N) is 1. The van der Waals surface area contributed by atoms with E-state index in [0.717, 1.165) is 31.4 Å². The van der Waals surface area contributed by atoms with Crippen molar-refractivity contribution in [2.45, 2.75) is 44.1 Å². The number of hydrogen-bond donors (Lipinski definition) is 2. The second-order valence-corrected chi connectivity index (χ2v) is 4.92. The van der Waals surface area contributed by atoms with Crippen LogP contribution in [-0.4, -0.2) is 24.0 Å². The number of aliphatic hydroxyl groups is 1. The van der Waals surface area contributed by atoms with Crippen LogP contribution >= 0.6 is 0 Å². The zero-order valence-corrected chi connectivity index (χ0v) is 11.9. The smallest absolute Gasteiger partial charge is 0.385 e. The van der Waals surface area contributed by atoms with E-state index in [-0.39, 0.29) is 0 Å². The first kappa shape index (κ1) is 18.6. The molecule has 0 heterocycles. The maximum Gasteiger partial charge on any atom is 0.430 e. The Morgan fingerprint density at radius 1 is 0.909 bits per heavy atom. The fourth-order valence-electron chi connectivity index (χ4n) is 1.93. The Morgan fingerprint density at radius 3 is 1.82 bits per heavy atom. The van der Waals surface area contributed by atoms with E-state index in [4.69, 9.17) is 0 Å². The minimum atomic E-state index is -5.86. The molecule has 0 fully saturated rings. The normalized spacial score (nSPS) is 13.3. The molecule has 0 aliphatic heterocycles. The van der Waals surface area contributed by atoms with Gasteiger partial charge in [-0.1, -0.05) is 31.9 Å². The Hall–Kier alpha value is -1.44. The third-order valence-electron chi connectivity index (χ3n) is 3.23. The molecule has 2 N–H and O–H groups in total. The van der Waals surface area contributed by atoms with Crippen molar-refractivity contribution in [3.05, 3.63) is 29.8 Å². The van der Waals surface area contributed by atoms with Crippen molar-refractivity contribution >= 4 is 5.69 Å². The predicted octanol–water partition coefficient (Wildman–Crippen LogP) is 4.60. The lowest BCUT2D eigenvalue weighted by Crippen LogP contribution is -2.53. The fraction of sp³-hybridized carbons (Fsp3) is 0.571. The standard InChI is InChI=1S/C14H17F6NO/c1-2-3-4-9-21-11-7-5-10(6-8-11)12(22,13(15,16)17)14(18,19)20/h5-8,21-22H,2-4,9H2,1H3. The molecule has 0 radical (unpaired) electrons. The van der Waals surface area contributed by atoms with E-state index >= 15 is 0 Å². The van der Waals surface area contributed by atoms with Gasteiger partial charge in [-0.15, -0.1) is 0 Å². The number of halogens is 6. The summed E-state index contributed by atoms with van der Waals surface area (Å²) in [6.45, 7) is 2.57. The summed E-state index contributed by atoms with van der Waals surface area (Å²) >= 11 is 0. The van der Waals surface area contributed by atoms with Crippen molar-refractivity contribution in [2.24, 2.45) is 0 Å². The Morgan fingerprint density at radius 2 is 1.41 bits per heavy atom. The molecule has 0 saturated carbocycles. The second-order valence-electron chi connectivity index (χ2n) is 4.92. The molecule has 1 aromatic rings. The van der Waals surface area contributed by atoms with Gasteiger partial charge < -0.3 is 10.4 Å². The number of benzene rings is 1. The minimum absolute atomic E-state index is 0.395. The number of unbranched alkanes of at least 4 members (excludes halogenated alkanes) is 2. The molecule has 1 aromatic carbocycles. The first-order chi connectivity index (χ1) is 10.0. The molecule has 126 valence electrons. The van der Waals surface area contributed by atoms with Crippen LogP contribution in [0.25, 0.3) is 0 Å². The molecule has 0 saturated heterocycles. The topological polar surface area (TPSA) is 32.3 Å². The van der Waals surface area contributed by atoms with Gasteiger partial charge in [0.2, 0.25) is 0 Å². The van der Waals surface area contributed by atoms with Gasteiger partial charge in [0.25, 0.3) is 5.60 Å². The second kappa shape index (κ2) is 6.76. The van der Waals surface area contributed by atoms with Gasteiger partial charge in [-0.2, -0.15) is 26.3 Å². The van der Waals surface area contributed by atoms with Gasteiger partial charge in [-0.3, -0.25) is 0 Å². The molecular formula is C14H17F6NO. The van der Waals surface area contributed by atoms with Gasteiger partial charge in [0.05, 0.1) is 0 Å². The number of anilines is 1. The highest BCUT2D eigenvalue weighted by Crippen LogP contribution is 2.50. The quantitative estimate of drug-likeness (QED) is 0.590. The van der Waals surface area contributed by atoms with Gasteiger partial charge in [-0.25, -0.2) is 0 Å². The van der Waals surface area contributed by atoms with E-state index in [1.165, 1.54) is 0 Å². The lowest BCUT2D eigenvalue weighted by atomic mass is 9.92. The molecule has 0 unspecified atom stereocenters. The van der Waals surface area contributed by atoms with Crippen LogP contribution < -0.4 is 5.32 Å². The van der Waals surface area contributed by atoms with Crippen LogP contribution in [0.1, 0.15) is 31.7 Å². The molecule has 0 aliphatic carbocycles. The first-order valence-electron chi connectivity index (χ1n) is 6.74. The van der Waals surface area contributed by atoms with Gasteiger partial charge in [0.1, 0.15) is 0 Å². The van der Waals surface area contributed by atoms with Crippen LogP contribution in [0.5, 0.6) is 0 Å². The molecule has 8 heteroatoms. The van der Waals surface area contributed by atoms with Crippen LogP contribution in [0.15, 0.2) is 24.3 Å². The van der Waals surface area contributed by atoms with Crippen molar-refractivity contribution in [2.75, 3.05) is 11.9 Å². The van der Waals surface area contributed by atoms with Crippen molar-refractivity contribution in [3.8, 4) is 0 Å². The van der Waals surface area contributed by atoms with Crippen molar-refractivity contribution in [1.29, 1.82) is 0 Å². The van der Waals surface area contributed by atoms with Crippen molar-refractivity contribution in [3.63, 3.8) is 0 Å². The first-order valence-corrected chi connectivity index (χ1v) is 6.74. The minimum Gasteiger partial charge on any atom is -0.385 e. The van der Waals surface area contributed by atoms with Gasteiger partial charge in [-0.05, 0) is 18.6 Å². The monoisotopic (exact) mass is 329 g/mol. The van der Waals surface area contributed by atoms with E-state index in [1.807, 2.05) is 6.92 Å². The molecule has 1 rings (SSSR count). The Kier molecular flexibility index (Phi) is 5.72. The SMILES string of the molecule is CCCCCNc1ccc(C(O)(C(F)(F)F)C(F)(F)F)cc1. The van der Waals surface area contributed by atoms with E-state index in [0.29, 0.717) is 24.4 Å². The summed E-state index contributed by atoms with van der Waals surface area (Å²) in [6.07, 6.45) is -8.92. The van der Waals surface area contributed by atoms with Gasteiger partial charge in [0.15, 0.2) is 0 Å². The summed E-state index contributed by atoms with van der Waals surface area (Å²) in [7, 11) is 0. The molecule has 2 nitrogen and oxygen atoms in total. The van der Waals surface area contributed by atoms with Crippen molar-refractivity contribution < 1.29 is 31.4 Å². The van der Waals surface area contributed by atoms with E-state index in [2.05, 4.69) is 5.32 Å².